The zero-order valence-corrected chi connectivity index (χ0v) is 12.9. The van der Waals surface area contributed by atoms with E-state index in [2.05, 4.69) is 35.3 Å². The molecule has 0 aromatic carbocycles. The predicted molar refractivity (Wildman–Crippen MR) is 79.9 cm³/mol. The molecule has 2 aromatic heterocycles. The van der Waals surface area contributed by atoms with Crippen LogP contribution >= 0.6 is 23.6 Å². The van der Waals surface area contributed by atoms with Gasteiger partial charge in [0.05, 0.1) is 6.67 Å². The summed E-state index contributed by atoms with van der Waals surface area (Å²) in [6.07, 6.45) is 2.98. The van der Waals surface area contributed by atoms with Crippen LogP contribution in [0.5, 0.6) is 0 Å². The van der Waals surface area contributed by atoms with Gasteiger partial charge in [-0.15, -0.1) is 11.3 Å². The minimum absolute atomic E-state index is 0.367. The van der Waals surface area contributed by atoms with Crippen LogP contribution in [-0.2, 0) is 19.6 Å². The SMILES string of the molecule is CC(C)n1cnn(CN2CCc3sccc3C2)c1=S. The van der Waals surface area contributed by atoms with Crippen LogP contribution in [0.4, 0.5) is 0 Å². The molecule has 0 saturated carbocycles. The molecule has 2 aromatic rings. The van der Waals surface area contributed by atoms with Gasteiger partial charge in [0.25, 0.3) is 0 Å². The van der Waals surface area contributed by atoms with Gasteiger partial charge in [-0.05, 0) is 49.5 Å². The third kappa shape index (κ3) is 2.52. The molecule has 0 fully saturated rings. The number of aromatic nitrogens is 3. The summed E-state index contributed by atoms with van der Waals surface area (Å²) < 4.78 is 4.77. The molecule has 0 atom stereocenters. The minimum Gasteiger partial charge on any atom is -0.304 e. The minimum atomic E-state index is 0.367. The van der Waals surface area contributed by atoms with Crippen molar-refractivity contribution in [3.8, 4) is 0 Å². The number of rotatable bonds is 3. The Morgan fingerprint density at radius 2 is 2.32 bits per heavy atom. The highest BCUT2D eigenvalue weighted by Gasteiger charge is 2.18. The van der Waals surface area contributed by atoms with E-state index in [0.29, 0.717) is 6.04 Å². The molecule has 1 aliphatic heterocycles. The molecule has 19 heavy (non-hydrogen) atoms. The molecule has 0 spiro atoms. The second-order valence-electron chi connectivity index (χ2n) is 5.23. The molecule has 4 nitrogen and oxygen atoms in total. The maximum absolute atomic E-state index is 5.47. The first-order chi connectivity index (χ1) is 9.15. The molecule has 6 heteroatoms. The third-order valence-electron chi connectivity index (χ3n) is 3.53. The molecule has 0 saturated heterocycles. The highest BCUT2D eigenvalue weighted by Crippen LogP contribution is 2.24. The van der Waals surface area contributed by atoms with Crippen molar-refractivity contribution in [1.82, 2.24) is 19.2 Å². The number of hydrogen-bond acceptors (Lipinski definition) is 4. The number of hydrogen-bond donors (Lipinski definition) is 0. The standard InChI is InChI=1S/C13H18N4S2/c1-10(2)16-8-14-17(13(16)18)9-15-5-3-12-11(7-15)4-6-19-12/h4,6,8,10H,3,5,7,9H2,1-2H3. The summed E-state index contributed by atoms with van der Waals surface area (Å²) in [6, 6.07) is 2.60. The summed E-state index contributed by atoms with van der Waals surface area (Å²) in [5.41, 5.74) is 1.46. The van der Waals surface area contributed by atoms with Crippen molar-refractivity contribution in [2.75, 3.05) is 6.54 Å². The third-order valence-corrected chi connectivity index (χ3v) is 4.98. The van der Waals surface area contributed by atoms with Crippen LogP contribution in [0.3, 0.4) is 0 Å². The summed E-state index contributed by atoms with van der Waals surface area (Å²) >= 11 is 7.34. The Bertz CT molecular complexity index is 623. The second-order valence-corrected chi connectivity index (χ2v) is 6.59. The average Bonchev–Trinajstić information content (AvgIpc) is 2.96. The Kier molecular flexibility index (Phi) is 3.56. The maximum Gasteiger partial charge on any atom is 0.199 e. The van der Waals surface area contributed by atoms with Gasteiger partial charge in [0.2, 0.25) is 0 Å². The topological polar surface area (TPSA) is 26.0 Å². The van der Waals surface area contributed by atoms with Crippen molar-refractivity contribution in [2.24, 2.45) is 0 Å². The fourth-order valence-electron chi connectivity index (χ4n) is 2.42. The average molecular weight is 294 g/mol. The Balaban J connectivity index is 1.75. The number of thiophene rings is 1. The van der Waals surface area contributed by atoms with E-state index >= 15 is 0 Å². The van der Waals surface area contributed by atoms with Crippen LogP contribution < -0.4 is 0 Å². The zero-order valence-electron chi connectivity index (χ0n) is 11.2. The fraction of sp³-hybridized carbons (Fsp3) is 0.538. The van der Waals surface area contributed by atoms with Crippen LogP contribution in [0, 0.1) is 4.77 Å². The van der Waals surface area contributed by atoms with E-state index in [1.54, 1.807) is 0 Å². The largest absolute Gasteiger partial charge is 0.304 e. The Morgan fingerprint density at radius 1 is 1.47 bits per heavy atom. The van der Waals surface area contributed by atoms with Gasteiger partial charge in [-0.25, -0.2) is 4.68 Å². The maximum atomic E-state index is 5.47. The van der Waals surface area contributed by atoms with Gasteiger partial charge in [0.15, 0.2) is 4.77 Å². The van der Waals surface area contributed by atoms with Gasteiger partial charge in [-0.3, -0.25) is 4.90 Å². The van der Waals surface area contributed by atoms with Crippen molar-refractivity contribution in [3.63, 3.8) is 0 Å². The summed E-state index contributed by atoms with van der Waals surface area (Å²) in [6.45, 7) is 7.13. The fourth-order valence-corrected chi connectivity index (χ4v) is 3.67. The van der Waals surface area contributed by atoms with Crippen LogP contribution in [0.1, 0.15) is 30.3 Å². The quantitative estimate of drug-likeness (QED) is 0.814. The van der Waals surface area contributed by atoms with Crippen LogP contribution in [0.15, 0.2) is 17.8 Å². The van der Waals surface area contributed by atoms with E-state index in [1.807, 2.05) is 26.9 Å². The van der Waals surface area contributed by atoms with Gasteiger partial charge in [-0.2, -0.15) is 5.10 Å². The second kappa shape index (κ2) is 5.19. The first-order valence-corrected chi connectivity index (χ1v) is 7.85. The summed E-state index contributed by atoms with van der Waals surface area (Å²) in [4.78, 5) is 3.94. The molecular formula is C13H18N4S2. The van der Waals surface area contributed by atoms with Crippen molar-refractivity contribution < 1.29 is 0 Å². The molecule has 0 aliphatic carbocycles. The Labute approximate surface area is 122 Å². The molecule has 0 amide bonds. The summed E-state index contributed by atoms with van der Waals surface area (Å²) in [7, 11) is 0. The van der Waals surface area contributed by atoms with Crippen LogP contribution in [0.25, 0.3) is 0 Å². The molecule has 0 radical (unpaired) electrons. The van der Waals surface area contributed by atoms with Crippen molar-refractivity contribution in [3.05, 3.63) is 33.0 Å². The molecule has 0 N–H and O–H groups in total. The van der Waals surface area contributed by atoms with E-state index in [0.717, 1.165) is 31.0 Å². The number of nitrogens with zero attached hydrogens (tertiary/aromatic N) is 4. The number of fused-ring (bicyclic) bond motifs is 1. The summed E-state index contributed by atoms with van der Waals surface area (Å²) in [5, 5.41) is 6.60. The molecule has 0 unspecified atom stereocenters. The van der Waals surface area contributed by atoms with Gasteiger partial charge in [0, 0.05) is 24.0 Å². The van der Waals surface area contributed by atoms with E-state index < -0.39 is 0 Å². The molecular weight excluding hydrogens is 276 g/mol. The van der Waals surface area contributed by atoms with Gasteiger partial charge in [-0.1, -0.05) is 0 Å². The molecule has 3 heterocycles. The molecule has 1 aliphatic rings. The van der Waals surface area contributed by atoms with Crippen molar-refractivity contribution in [2.45, 2.75) is 39.5 Å². The lowest BCUT2D eigenvalue weighted by Crippen LogP contribution is -2.32. The highest BCUT2D eigenvalue weighted by molar-refractivity contribution is 7.71. The van der Waals surface area contributed by atoms with Crippen LogP contribution in [-0.4, -0.2) is 25.8 Å². The predicted octanol–water partition coefficient (Wildman–Crippen LogP) is 3.07. The van der Waals surface area contributed by atoms with E-state index in [1.165, 1.54) is 10.4 Å². The monoisotopic (exact) mass is 294 g/mol. The Hall–Kier alpha value is -0.980. The van der Waals surface area contributed by atoms with E-state index in [4.69, 9.17) is 12.2 Å². The molecule has 3 rings (SSSR count). The van der Waals surface area contributed by atoms with Gasteiger partial charge >= 0.3 is 0 Å². The summed E-state index contributed by atoms with van der Waals surface area (Å²) in [5.74, 6) is 0. The lowest BCUT2D eigenvalue weighted by molar-refractivity contribution is 0.189. The van der Waals surface area contributed by atoms with Crippen molar-refractivity contribution >= 4 is 23.6 Å². The first-order valence-electron chi connectivity index (χ1n) is 6.56. The smallest absolute Gasteiger partial charge is 0.199 e. The lowest BCUT2D eigenvalue weighted by Gasteiger charge is -2.26. The molecule has 0 bridgehead atoms. The van der Waals surface area contributed by atoms with Gasteiger partial charge in [0.1, 0.15) is 6.33 Å². The highest BCUT2D eigenvalue weighted by atomic mass is 32.1. The lowest BCUT2D eigenvalue weighted by atomic mass is 10.1. The van der Waals surface area contributed by atoms with E-state index in [-0.39, 0.29) is 0 Å². The zero-order chi connectivity index (χ0) is 13.4. The van der Waals surface area contributed by atoms with Crippen LogP contribution in [0.2, 0.25) is 0 Å². The first kappa shape index (κ1) is 13.0. The molecule has 102 valence electrons. The van der Waals surface area contributed by atoms with Gasteiger partial charge < -0.3 is 4.57 Å². The van der Waals surface area contributed by atoms with Crippen molar-refractivity contribution in [1.29, 1.82) is 0 Å². The Morgan fingerprint density at radius 3 is 3.05 bits per heavy atom. The van der Waals surface area contributed by atoms with E-state index in [9.17, 15) is 0 Å². The normalized spacial score (nSPS) is 15.9.